The predicted octanol–water partition coefficient (Wildman–Crippen LogP) is 8.34. The van der Waals surface area contributed by atoms with Crippen LogP contribution >= 0.6 is 0 Å². The summed E-state index contributed by atoms with van der Waals surface area (Å²) in [5.74, 6) is 0. The van der Waals surface area contributed by atoms with E-state index in [1.54, 1.807) is 13.8 Å². The first-order valence-corrected chi connectivity index (χ1v) is 12.9. The number of hydrogen-bond donors (Lipinski definition) is 1. The Hall–Kier alpha value is -2.60. The van der Waals surface area contributed by atoms with Gasteiger partial charge in [-0.2, -0.15) is 134 Å². The van der Waals surface area contributed by atoms with Crippen molar-refractivity contribution in [2.75, 3.05) is 13.2 Å². The van der Waals surface area contributed by atoms with Gasteiger partial charge in [-0.25, -0.2) is 48.5 Å². The number of aliphatic hydroxyl groups is 1. The molecule has 0 fully saturated rings. The Morgan fingerprint density at radius 3 is 0.927 bits per heavy atom. The summed E-state index contributed by atoms with van der Waals surface area (Å²) in [5, 5.41) is 16.5. The molecule has 41 heavy (non-hydrogen) atoms. The third-order valence-electron chi connectivity index (χ3n) is 3.67. The molecule has 1 N–H and O–H groups in total. The van der Waals surface area contributed by atoms with Gasteiger partial charge in [-0.05, 0) is 6.92 Å². The van der Waals surface area contributed by atoms with Crippen LogP contribution in [0.2, 0.25) is 0 Å². The fraction of sp³-hybridized carbons (Fsp3) is 0.108. The van der Waals surface area contributed by atoms with Gasteiger partial charge in [-0.3, -0.25) is 0 Å². The Labute approximate surface area is 288 Å². The second-order valence-corrected chi connectivity index (χ2v) is 7.02. The van der Waals surface area contributed by atoms with Gasteiger partial charge >= 0.3 is 52.4 Å². The molecule has 1 radical (unpaired) electrons. The molecule has 2 nitrogen and oxygen atoms in total. The monoisotopic (exact) mass is 699 g/mol. The largest absolute Gasteiger partial charge is 4.00 e. The van der Waals surface area contributed by atoms with Crippen molar-refractivity contribution in [3.8, 4) is 0 Å². The normalized spacial score (nSPS) is 7.41. The van der Waals surface area contributed by atoms with Crippen LogP contribution in [-0.4, -0.2) is 18.3 Å². The van der Waals surface area contributed by atoms with Gasteiger partial charge in [0.25, 0.3) is 0 Å². The summed E-state index contributed by atoms with van der Waals surface area (Å²) in [7, 11) is 0. The molecule has 0 spiro atoms. The fourth-order valence-corrected chi connectivity index (χ4v) is 2.10. The van der Waals surface area contributed by atoms with Crippen LogP contribution in [0.5, 0.6) is 0 Å². The molecular weight excluding hydrogens is 659 g/mol. The number of aliphatic hydroxyl groups excluding tert-OH is 1. The summed E-state index contributed by atoms with van der Waals surface area (Å²) >= 11 is 0. The van der Waals surface area contributed by atoms with Gasteiger partial charge in [-0.1, -0.05) is 13.0 Å². The van der Waals surface area contributed by atoms with Crippen LogP contribution in [-0.2, 0) is 52.4 Å². The van der Waals surface area contributed by atoms with Crippen LogP contribution in [0.25, 0.3) is 0 Å². The van der Waals surface area contributed by atoms with Gasteiger partial charge in [0.15, 0.2) is 0 Å². The second kappa shape index (κ2) is 44.4. The summed E-state index contributed by atoms with van der Waals surface area (Å²) < 4.78 is 0. The predicted molar refractivity (Wildman–Crippen MR) is 168 cm³/mol. The number of rotatable bonds is 0. The molecule has 0 amide bonds. The quantitative estimate of drug-likeness (QED) is 0.162. The first-order valence-electron chi connectivity index (χ1n) is 12.9. The van der Waals surface area contributed by atoms with Crippen LogP contribution in [0.4, 0.5) is 0 Å². The van der Waals surface area contributed by atoms with Gasteiger partial charge < -0.3 is 10.2 Å². The molecule has 0 atom stereocenters. The molecule has 0 heterocycles. The first kappa shape index (κ1) is 45.4. The van der Waals surface area contributed by atoms with E-state index in [0.29, 0.717) is 0 Å². The third-order valence-corrected chi connectivity index (χ3v) is 3.67. The van der Waals surface area contributed by atoms with Gasteiger partial charge in [-0.15, -0.1) is 18.7 Å². The fourth-order valence-electron chi connectivity index (χ4n) is 2.10. The molecule has 0 saturated carbocycles. The van der Waals surface area contributed by atoms with E-state index in [-0.39, 0.29) is 65.6 Å². The van der Waals surface area contributed by atoms with Crippen molar-refractivity contribution in [2.45, 2.75) is 13.8 Å². The molecule has 0 aromatic heterocycles. The molecular formula is C37H43O2Zr2. The zero-order valence-corrected chi connectivity index (χ0v) is 29.2. The van der Waals surface area contributed by atoms with Crippen LogP contribution in [0.3, 0.4) is 0 Å². The van der Waals surface area contributed by atoms with Crippen molar-refractivity contribution in [1.82, 2.24) is 0 Å². The van der Waals surface area contributed by atoms with E-state index in [0.717, 1.165) is 5.56 Å². The molecule has 0 aliphatic rings. The summed E-state index contributed by atoms with van der Waals surface area (Å²) in [6, 6.07) is 62.4. The topological polar surface area (TPSA) is 43.3 Å². The minimum atomic E-state index is 0. The van der Waals surface area contributed by atoms with E-state index in [9.17, 15) is 0 Å². The van der Waals surface area contributed by atoms with Crippen LogP contribution in [0, 0.1) is 13.0 Å². The van der Waals surface area contributed by atoms with Crippen molar-refractivity contribution in [1.29, 1.82) is 0 Å². The average molecular weight is 702 g/mol. The summed E-state index contributed by atoms with van der Waals surface area (Å²) in [6.45, 7) is 7.22. The minimum Gasteiger partial charge on any atom is -0.855 e. The molecule has 6 rings (SSSR count). The molecule has 6 aromatic rings. The molecule has 0 aliphatic heterocycles. The first-order chi connectivity index (χ1) is 19.2. The summed E-state index contributed by atoms with van der Waals surface area (Å²) in [4.78, 5) is 0. The van der Waals surface area contributed by atoms with Crippen LogP contribution in [0.15, 0.2) is 182 Å². The van der Waals surface area contributed by atoms with E-state index in [1.807, 2.05) is 182 Å². The van der Waals surface area contributed by atoms with Crippen molar-refractivity contribution in [2.24, 2.45) is 0 Å². The summed E-state index contributed by atoms with van der Waals surface area (Å²) in [6.07, 6.45) is 0. The molecule has 6 aromatic carbocycles. The molecule has 0 bridgehead atoms. The van der Waals surface area contributed by atoms with Crippen LogP contribution in [0.1, 0.15) is 19.4 Å². The van der Waals surface area contributed by atoms with Gasteiger partial charge in [0, 0.05) is 6.61 Å². The maximum atomic E-state index is 8.93. The Morgan fingerprint density at radius 1 is 0.585 bits per heavy atom. The Kier molecular flexibility index (Phi) is 49.2. The zero-order chi connectivity index (χ0) is 28.9. The second-order valence-electron chi connectivity index (χ2n) is 7.02. The molecule has 0 unspecified atom stereocenters. The number of benzene rings is 2. The number of hydrogen-bond acceptors (Lipinski definition) is 2. The molecule has 4 heteroatoms. The van der Waals surface area contributed by atoms with E-state index in [2.05, 4.69) is 13.0 Å². The Bertz CT molecular complexity index is 823. The van der Waals surface area contributed by atoms with E-state index in [4.69, 9.17) is 10.2 Å². The van der Waals surface area contributed by atoms with Crippen molar-refractivity contribution in [3.63, 3.8) is 0 Å². The average Bonchev–Trinajstić information content (AvgIpc) is 3.82. The van der Waals surface area contributed by atoms with Crippen molar-refractivity contribution < 1.29 is 62.6 Å². The Balaban J connectivity index is -0.000000192. The SMILES string of the molecule is CCO.CC[O-].[CH2-]c1ccccc1.[Zr+3].[Zr+4].[c-]1ccccc1.c1cc[cH-]c1.c1cc[cH-]c1.c1cc[cH-]c1.c1cc[cH-]c1. The van der Waals surface area contributed by atoms with Crippen LogP contribution < -0.4 is 5.11 Å². The molecule has 0 saturated heterocycles. The van der Waals surface area contributed by atoms with Gasteiger partial charge in [0.05, 0.1) is 0 Å². The van der Waals surface area contributed by atoms with E-state index < -0.39 is 0 Å². The van der Waals surface area contributed by atoms with Crippen molar-refractivity contribution >= 4 is 0 Å². The van der Waals surface area contributed by atoms with E-state index >= 15 is 0 Å². The smallest absolute Gasteiger partial charge is 0.855 e. The zero-order valence-electron chi connectivity index (χ0n) is 24.3. The van der Waals surface area contributed by atoms with Gasteiger partial charge in [0.1, 0.15) is 0 Å². The summed E-state index contributed by atoms with van der Waals surface area (Å²) in [5.41, 5.74) is 1.07. The third kappa shape index (κ3) is 47.5. The molecule has 0 aliphatic carbocycles. The minimum absolute atomic E-state index is 0. The standard InChI is InChI=1S/C7H7.C6H5.4C5H5.C2H6O.C2H5O.2Zr/c1-7-5-3-2-4-6-7;1-2-4-6-5-3-1;4*1-2-4-5-3-1;2*1-2-3;;/h2-6H,1H2;1-5H;4*1-5H;3H,2H2,1H3;2H2,1H3;;/q6*-1;;-1;+3;+4. The maximum Gasteiger partial charge on any atom is 4.00 e. The maximum absolute atomic E-state index is 8.93. The Morgan fingerprint density at radius 2 is 0.829 bits per heavy atom. The van der Waals surface area contributed by atoms with E-state index in [1.165, 1.54) is 0 Å². The van der Waals surface area contributed by atoms with Crippen molar-refractivity contribution in [3.05, 3.63) is 201 Å². The van der Waals surface area contributed by atoms with Gasteiger partial charge in [0.2, 0.25) is 0 Å². The molecule has 211 valence electrons.